The lowest BCUT2D eigenvalue weighted by atomic mass is 10.2. The Hall–Kier alpha value is -1.34. The summed E-state index contributed by atoms with van der Waals surface area (Å²) in [4.78, 5) is 2.05. The van der Waals surface area contributed by atoms with Crippen molar-refractivity contribution in [2.45, 2.75) is 12.6 Å². The van der Waals surface area contributed by atoms with Crippen LogP contribution in [0.15, 0.2) is 24.3 Å². The molecule has 0 amide bonds. The van der Waals surface area contributed by atoms with Crippen molar-refractivity contribution < 1.29 is 13.2 Å². The molecule has 112 valence electrons. The van der Waals surface area contributed by atoms with E-state index in [1.54, 1.807) is 6.07 Å². The van der Waals surface area contributed by atoms with Gasteiger partial charge < -0.3 is 15.5 Å². The van der Waals surface area contributed by atoms with E-state index in [4.69, 9.17) is 12.2 Å². The van der Waals surface area contributed by atoms with Gasteiger partial charge in [0.1, 0.15) is 0 Å². The van der Waals surface area contributed by atoms with Gasteiger partial charge in [0.2, 0.25) is 0 Å². The summed E-state index contributed by atoms with van der Waals surface area (Å²) in [5.74, 6) is 0. The fourth-order valence-electron chi connectivity index (χ4n) is 1.55. The lowest BCUT2D eigenvalue weighted by Gasteiger charge is -2.13. The van der Waals surface area contributed by atoms with Gasteiger partial charge in [0.05, 0.1) is 5.56 Å². The molecule has 7 heteroatoms. The van der Waals surface area contributed by atoms with Gasteiger partial charge in [-0.2, -0.15) is 13.2 Å². The second-order valence-electron chi connectivity index (χ2n) is 4.62. The number of hydrogen-bond donors (Lipinski definition) is 2. The molecule has 3 nitrogen and oxygen atoms in total. The summed E-state index contributed by atoms with van der Waals surface area (Å²) in [5, 5.41) is 6.03. The largest absolute Gasteiger partial charge is 0.416 e. The molecule has 1 aromatic rings. The summed E-state index contributed by atoms with van der Waals surface area (Å²) in [6, 6.07) is 4.95. The Morgan fingerprint density at radius 3 is 2.60 bits per heavy atom. The second kappa shape index (κ2) is 7.44. The van der Waals surface area contributed by atoms with Gasteiger partial charge in [-0.25, -0.2) is 0 Å². The minimum Gasteiger partial charge on any atom is -0.362 e. The molecule has 0 unspecified atom stereocenters. The topological polar surface area (TPSA) is 27.3 Å². The molecule has 0 heterocycles. The molecule has 0 saturated carbocycles. The first kappa shape index (κ1) is 16.7. The van der Waals surface area contributed by atoms with Gasteiger partial charge in [0.25, 0.3) is 0 Å². The number of anilines is 1. The van der Waals surface area contributed by atoms with E-state index < -0.39 is 11.7 Å². The summed E-state index contributed by atoms with van der Waals surface area (Å²) < 4.78 is 37.6. The van der Waals surface area contributed by atoms with Crippen molar-refractivity contribution in [3.8, 4) is 0 Å². The number of thiocarbonyl (C=S) groups is 1. The fraction of sp³-hybridized carbons (Fsp3) is 0.462. The van der Waals surface area contributed by atoms with Gasteiger partial charge in [-0.1, -0.05) is 6.07 Å². The zero-order valence-corrected chi connectivity index (χ0v) is 12.2. The Labute approximate surface area is 122 Å². The number of benzene rings is 1. The van der Waals surface area contributed by atoms with Crippen LogP contribution in [-0.4, -0.2) is 37.2 Å². The van der Waals surface area contributed by atoms with Gasteiger partial charge in [-0.3, -0.25) is 0 Å². The summed E-state index contributed by atoms with van der Waals surface area (Å²) >= 11 is 5.03. The van der Waals surface area contributed by atoms with Crippen molar-refractivity contribution in [1.82, 2.24) is 10.2 Å². The predicted molar refractivity (Wildman–Crippen MR) is 78.8 cm³/mol. The van der Waals surface area contributed by atoms with Crippen LogP contribution in [0.3, 0.4) is 0 Å². The highest BCUT2D eigenvalue weighted by Crippen LogP contribution is 2.30. The van der Waals surface area contributed by atoms with E-state index in [0.29, 0.717) is 17.3 Å². The summed E-state index contributed by atoms with van der Waals surface area (Å²) in [6.45, 7) is 1.59. The van der Waals surface area contributed by atoms with Crippen LogP contribution in [-0.2, 0) is 6.18 Å². The van der Waals surface area contributed by atoms with Crippen LogP contribution < -0.4 is 10.6 Å². The first-order valence-electron chi connectivity index (χ1n) is 6.16. The van der Waals surface area contributed by atoms with Gasteiger partial charge in [0, 0.05) is 12.2 Å². The van der Waals surface area contributed by atoms with Crippen LogP contribution in [0.1, 0.15) is 12.0 Å². The molecule has 20 heavy (non-hydrogen) atoms. The van der Waals surface area contributed by atoms with E-state index >= 15 is 0 Å². The summed E-state index contributed by atoms with van der Waals surface area (Å²) in [5.41, 5.74) is -0.372. The molecule has 1 rings (SSSR count). The monoisotopic (exact) mass is 305 g/mol. The number of rotatable bonds is 5. The van der Waals surface area contributed by atoms with E-state index in [-0.39, 0.29) is 0 Å². The van der Waals surface area contributed by atoms with Crippen LogP contribution in [0.5, 0.6) is 0 Å². The zero-order chi connectivity index (χ0) is 15.2. The molecular weight excluding hydrogens is 287 g/mol. The number of alkyl halides is 3. The maximum absolute atomic E-state index is 12.5. The molecule has 1 aromatic carbocycles. The van der Waals surface area contributed by atoms with E-state index in [1.165, 1.54) is 6.07 Å². The predicted octanol–water partition coefficient (Wildman–Crippen LogP) is 2.94. The van der Waals surface area contributed by atoms with E-state index in [0.717, 1.165) is 25.1 Å². The van der Waals surface area contributed by atoms with E-state index in [2.05, 4.69) is 10.6 Å². The van der Waals surface area contributed by atoms with Gasteiger partial charge in [-0.15, -0.1) is 0 Å². The Balaban J connectivity index is 2.46. The van der Waals surface area contributed by atoms with Gasteiger partial charge in [-0.05, 0) is 57.5 Å². The molecule has 0 radical (unpaired) electrons. The summed E-state index contributed by atoms with van der Waals surface area (Å²) in [6.07, 6.45) is -3.45. The van der Waals surface area contributed by atoms with Crippen molar-refractivity contribution in [1.29, 1.82) is 0 Å². The third kappa shape index (κ3) is 6.21. The number of hydrogen-bond acceptors (Lipinski definition) is 2. The molecule has 0 saturated heterocycles. The molecule has 0 aromatic heterocycles. The highest BCUT2D eigenvalue weighted by Gasteiger charge is 2.30. The van der Waals surface area contributed by atoms with E-state index in [9.17, 15) is 13.2 Å². The van der Waals surface area contributed by atoms with Crippen molar-refractivity contribution in [3.63, 3.8) is 0 Å². The lowest BCUT2D eigenvalue weighted by Crippen LogP contribution is -2.30. The lowest BCUT2D eigenvalue weighted by molar-refractivity contribution is -0.137. The molecule has 2 N–H and O–H groups in total. The molecule has 0 aliphatic heterocycles. The fourth-order valence-corrected chi connectivity index (χ4v) is 1.77. The van der Waals surface area contributed by atoms with Crippen molar-refractivity contribution in [2.75, 3.05) is 32.5 Å². The number of nitrogens with zero attached hydrogens (tertiary/aromatic N) is 1. The molecule has 0 aliphatic carbocycles. The third-order valence-electron chi connectivity index (χ3n) is 2.52. The highest BCUT2D eigenvalue weighted by molar-refractivity contribution is 7.80. The van der Waals surface area contributed by atoms with Crippen LogP contribution in [0.4, 0.5) is 18.9 Å². The average molecular weight is 305 g/mol. The van der Waals surface area contributed by atoms with Crippen LogP contribution >= 0.6 is 12.2 Å². The Kier molecular flexibility index (Phi) is 6.22. The third-order valence-corrected chi connectivity index (χ3v) is 2.76. The first-order chi connectivity index (χ1) is 9.29. The number of nitrogens with one attached hydrogen (secondary N) is 2. The molecule has 0 fully saturated rings. The quantitative estimate of drug-likeness (QED) is 0.646. The Morgan fingerprint density at radius 2 is 2.00 bits per heavy atom. The average Bonchev–Trinajstić information content (AvgIpc) is 2.34. The first-order valence-corrected chi connectivity index (χ1v) is 6.56. The maximum Gasteiger partial charge on any atom is 0.416 e. The molecule has 0 atom stereocenters. The Bertz CT molecular complexity index is 447. The standard InChI is InChI=1S/C13H18F3N3S/c1-19(2)8-4-7-17-12(20)18-11-6-3-5-10(9-11)13(14,15)16/h3,5-6,9H,4,7-8H2,1-2H3,(H2,17,18,20). The van der Waals surface area contributed by atoms with Crippen molar-refractivity contribution >= 4 is 23.0 Å². The maximum atomic E-state index is 12.5. The van der Waals surface area contributed by atoms with Crippen molar-refractivity contribution in [3.05, 3.63) is 29.8 Å². The van der Waals surface area contributed by atoms with Crippen molar-refractivity contribution in [2.24, 2.45) is 0 Å². The highest BCUT2D eigenvalue weighted by atomic mass is 32.1. The molecule has 0 bridgehead atoms. The smallest absolute Gasteiger partial charge is 0.362 e. The number of halogens is 3. The van der Waals surface area contributed by atoms with Gasteiger partial charge in [0.15, 0.2) is 5.11 Å². The molecule has 0 aliphatic rings. The minimum absolute atomic E-state index is 0.322. The zero-order valence-electron chi connectivity index (χ0n) is 11.4. The van der Waals surface area contributed by atoms with Crippen LogP contribution in [0.25, 0.3) is 0 Å². The van der Waals surface area contributed by atoms with Crippen LogP contribution in [0, 0.1) is 0 Å². The van der Waals surface area contributed by atoms with Gasteiger partial charge >= 0.3 is 6.18 Å². The second-order valence-corrected chi connectivity index (χ2v) is 5.02. The molecular formula is C13H18F3N3S. The summed E-state index contributed by atoms with van der Waals surface area (Å²) in [7, 11) is 3.94. The SMILES string of the molecule is CN(C)CCCNC(=S)Nc1cccc(C(F)(F)F)c1. The normalized spacial score (nSPS) is 11.5. The van der Waals surface area contributed by atoms with E-state index in [1.807, 2.05) is 19.0 Å². The Morgan fingerprint density at radius 1 is 1.30 bits per heavy atom. The molecule has 0 spiro atoms. The minimum atomic E-state index is -4.35. The van der Waals surface area contributed by atoms with Crippen LogP contribution in [0.2, 0.25) is 0 Å².